The highest BCUT2D eigenvalue weighted by atomic mass is 35.6. The zero-order valence-electron chi connectivity index (χ0n) is 6.61. The monoisotopic (exact) mass is 252 g/mol. The van der Waals surface area contributed by atoms with Crippen LogP contribution in [0.3, 0.4) is 0 Å². The summed E-state index contributed by atoms with van der Waals surface area (Å²) in [5.41, 5.74) is 0. The summed E-state index contributed by atoms with van der Waals surface area (Å²) in [6.45, 7) is 4.10. The molecule has 0 saturated heterocycles. The first-order valence-electron chi connectivity index (χ1n) is 3.15. The van der Waals surface area contributed by atoms with Gasteiger partial charge >= 0.3 is 0 Å². The van der Waals surface area contributed by atoms with Crippen molar-refractivity contribution in [2.75, 3.05) is 6.26 Å². The van der Waals surface area contributed by atoms with E-state index in [2.05, 4.69) is 13.8 Å². The van der Waals surface area contributed by atoms with E-state index < -0.39 is 3.79 Å². The van der Waals surface area contributed by atoms with Gasteiger partial charge in [-0.05, 0) is 12.2 Å². The van der Waals surface area contributed by atoms with Crippen molar-refractivity contribution < 1.29 is 0 Å². The lowest BCUT2D eigenvalue weighted by molar-refractivity contribution is 0.617. The molecule has 0 spiro atoms. The fraction of sp³-hybridized carbons (Fsp3) is 1.00. The average molecular weight is 254 g/mol. The van der Waals surface area contributed by atoms with Crippen molar-refractivity contribution in [3.8, 4) is 0 Å². The molecule has 0 saturated carbocycles. The van der Waals surface area contributed by atoms with E-state index in [1.807, 2.05) is 6.26 Å². The van der Waals surface area contributed by atoms with Gasteiger partial charge in [-0.25, -0.2) is 0 Å². The van der Waals surface area contributed by atoms with Crippen LogP contribution in [0.15, 0.2) is 0 Å². The van der Waals surface area contributed by atoms with Crippen LogP contribution in [0.1, 0.15) is 13.8 Å². The molecule has 1 atom stereocenters. The van der Waals surface area contributed by atoms with Gasteiger partial charge in [-0.3, -0.25) is 0 Å². The fourth-order valence-corrected chi connectivity index (χ4v) is 4.54. The normalized spacial score (nSPS) is 15.5. The van der Waals surface area contributed by atoms with Gasteiger partial charge in [0.2, 0.25) is 3.79 Å². The molecule has 0 bridgehead atoms. The van der Waals surface area contributed by atoms with Gasteiger partial charge in [0.25, 0.3) is 0 Å². The third kappa shape index (κ3) is 4.99. The van der Waals surface area contributed by atoms with Crippen LogP contribution in [0.4, 0.5) is 0 Å². The Morgan fingerprint density at radius 1 is 1.18 bits per heavy atom. The van der Waals surface area contributed by atoms with Crippen molar-refractivity contribution in [2.45, 2.75) is 22.9 Å². The van der Waals surface area contributed by atoms with Gasteiger partial charge in [0.05, 0.1) is 5.25 Å². The number of alkyl halides is 3. The molecule has 0 unspecified atom stereocenters. The predicted octanol–water partition coefficient (Wildman–Crippen LogP) is 4.39. The van der Waals surface area contributed by atoms with E-state index in [-0.39, 0.29) is 5.25 Å². The second kappa shape index (κ2) is 5.33. The summed E-state index contributed by atoms with van der Waals surface area (Å²) < 4.78 is -1.15. The van der Waals surface area contributed by atoms with Gasteiger partial charge in [0.15, 0.2) is 0 Å². The average Bonchev–Trinajstić information content (AvgIpc) is 1.79. The number of hydrogen-bond acceptors (Lipinski definition) is 2. The van der Waals surface area contributed by atoms with Crippen LogP contribution in [0.2, 0.25) is 0 Å². The van der Waals surface area contributed by atoms with Gasteiger partial charge < -0.3 is 0 Å². The molecule has 68 valence electrons. The molecule has 0 heterocycles. The largest absolute Gasteiger partial charge is 0.203 e. The molecule has 0 fully saturated rings. The lowest BCUT2D eigenvalue weighted by Gasteiger charge is -2.25. The van der Waals surface area contributed by atoms with Crippen molar-refractivity contribution in [2.24, 2.45) is 5.92 Å². The maximum Gasteiger partial charge on any atom is 0.203 e. The van der Waals surface area contributed by atoms with Crippen molar-refractivity contribution in [1.82, 2.24) is 0 Å². The Morgan fingerprint density at radius 3 is 1.73 bits per heavy atom. The van der Waals surface area contributed by atoms with Gasteiger partial charge in [0, 0.05) is 0 Å². The first-order chi connectivity index (χ1) is 4.89. The second-order valence-corrected chi connectivity index (χ2v) is 7.45. The Kier molecular flexibility index (Phi) is 6.09. The summed E-state index contributed by atoms with van der Waals surface area (Å²) in [6.07, 6.45) is 1.98. The van der Waals surface area contributed by atoms with Crippen LogP contribution in [0.25, 0.3) is 0 Å². The maximum atomic E-state index is 5.77. The molecule has 0 aromatic heterocycles. The molecule has 0 rings (SSSR count). The van der Waals surface area contributed by atoms with Gasteiger partial charge in [0.1, 0.15) is 0 Å². The highest BCUT2D eigenvalue weighted by Gasteiger charge is 2.35. The molecule has 5 heteroatoms. The molecule has 0 N–H and O–H groups in total. The SMILES string of the molecule is CSS[C@H](C(C)C)C(Cl)(Cl)Cl. The first kappa shape index (κ1) is 12.6. The molecular weight excluding hydrogens is 243 g/mol. The number of halogens is 3. The van der Waals surface area contributed by atoms with Gasteiger partial charge in [-0.2, -0.15) is 0 Å². The molecule has 0 aliphatic heterocycles. The minimum Gasteiger partial charge on any atom is -0.0972 e. The summed E-state index contributed by atoms with van der Waals surface area (Å²) in [6, 6.07) is 0. The summed E-state index contributed by atoms with van der Waals surface area (Å²) in [5, 5.41) is 0.0579. The van der Waals surface area contributed by atoms with E-state index in [0.717, 1.165) is 0 Å². The van der Waals surface area contributed by atoms with Crippen LogP contribution in [0.5, 0.6) is 0 Å². The van der Waals surface area contributed by atoms with E-state index in [0.29, 0.717) is 5.92 Å². The highest BCUT2D eigenvalue weighted by molar-refractivity contribution is 8.76. The lowest BCUT2D eigenvalue weighted by atomic mass is 10.1. The fourth-order valence-electron chi connectivity index (χ4n) is 0.647. The van der Waals surface area contributed by atoms with Crippen LogP contribution in [-0.2, 0) is 0 Å². The van der Waals surface area contributed by atoms with Gasteiger partial charge in [-0.1, -0.05) is 70.2 Å². The Bertz CT molecular complexity index is 111. The van der Waals surface area contributed by atoms with Crippen LogP contribution in [-0.4, -0.2) is 15.3 Å². The van der Waals surface area contributed by atoms with Crippen LogP contribution >= 0.6 is 56.4 Å². The molecule has 11 heavy (non-hydrogen) atoms. The Balaban J connectivity index is 4.10. The van der Waals surface area contributed by atoms with E-state index in [1.54, 1.807) is 21.6 Å². The minimum absolute atomic E-state index is 0.0579. The predicted molar refractivity (Wildman–Crippen MR) is 60.0 cm³/mol. The van der Waals surface area contributed by atoms with Crippen molar-refractivity contribution in [3.05, 3.63) is 0 Å². The molecular formula is C6H11Cl3S2. The standard InChI is InChI=1S/C6H11Cl3S2/c1-4(2)5(11-10-3)6(7,8)9/h4-5H,1-3H3/t5-/m1/s1. The Morgan fingerprint density at radius 2 is 1.64 bits per heavy atom. The first-order valence-corrected chi connectivity index (χ1v) is 6.91. The van der Waals surface area contributed by atoms with Crippen LogP contribution in [0, 0.1) is 5.92 Å². The molecule has 0 nitrogen and oxygen atoms in total. The molecule has 0 aliphatic carbocycles. The van der Waals surface area contributed by atoms with E-state index in [1.165, 1.54) is 0 Å². The summed E-state index contributed by atoms with van der Waals surface area (Å²) in [4.78, 5) is 0. The number of rotatable bonds is 3. The van der Waals surface area contributed by atoms with Crippen molar-refractivity contribution in [1.29, 1.82) is 0 Å². The van der Waals surface area contributed by atoms with Crippen LogP contribution < -0.4 is 0 Å². The molecule has 0 amide bonds. The van der Waals surface area contributed by atoms with E-state index in [9.17, 15) is 0 Å². The summed E-state index contributed by atoms with van der Waals surface area (Å²) in [5.74, 6) is 0.375. The third-order valence-corrected chi connectivity index (χ3v) is 4.72. The molecule has 0 aromatic rings. The smallest absolute Gasteiger partial charge is 0.0972 e. The Hall–Kier alpha value is 1.57. The molecule has 0 aliphatic rings. The topological polar surface area (TPSA) is 0 Å². The zero-order chi connectivity index (χ0) is 9.07. The van der Waals surface area contributed by atoms with E-state index >= 15 is 0 Å². The summed E-state index contributed by atoms with van der Waals surface area (Å²) >= 11 is 17.3. The van der Waals surface area contributed by atoms with Crippen molar-refractivity contribution >= 4 is 56.4 Å². The Labute approximate surface area is 91.1 Å². The lowest BCUT2D eigenvalue weighted by Crippen LogP contribution is -2.26. The quantitative estimate of drug-likeness (QED) is 0.540. The molecule has 0 radical (unpaired) electrons. The van der Waals surface area contributed by atoms with Gasteiger partial charge in [-0.15, -0.1) is 0 Å². The molecule has 0 aromatic carbocycles. The third-order valence-electron chi connectivity index (χ3n) is 1.13. The van der Waals surface area contributed by atoms with Crippen molar-refractivity contribution in [3.63, 3.8) is 0 Å². The van der Waals surface area contributed by atoms with E-state index in [4.69, 9.17) is 34.8 Å². The maximum absolute atomic E-state index is 5.77. The highest BCUT2D eigenvalue weighted by Crippen LogP contribution is 2.44. The zero-order valence-corrected chi connectivity index (χ0v) is 10.5. The second-order valence-electron chi connectivity index (χ2n) is 2.47. The number of hydrogen-bond donors (Lipinski definition) is 0. The minimum atomic E-state index is -1.15. The summed E-state index contributed by atoms with van der Waals surface area (Å²) in [7, 11) is 3.24.